The third-order valence-electron chi connectivity index (χ3n) is 2.58. The van der Waals surface area contributed by atoms with Crippen molar-refractivity contribution in [3.05, 3.63) is 64.9 Å². The van der Waals surface area contributed by atoms with Gasteiger partial charge in [-0.05, 0) is 30.3 Å². The van der Waals surface area contributed by atoms with E-state index in [0.29, 0.717) is 13.2 Å². The molecule has 0 atom stereocenters. The fourth-order valence-electron chi connectivity index (χ4n) is 1.62. The second-order valence-corrected chi connectivity index (χ2v) is 4.45. The smallest absolute Gasteiger partial charge is 0.252 e. The lowest BCUT2D eigenvalue weighted by Gasteiger charge is -2.08. The van der Waals surface area contributed by atoms with Crippen LogP contribution in [-0.4, -0.2) is 19.1 Å². The number of halogens is 2. The molecule has 0 heterocycles. The van der Waals surface area contributed by atoms with Crippen LogP contribution in [-0.2, 0) is 0 Å². The number of amides is 1. The highest BCUT2D eigenvalue weighted by Gasteiger charge is 2.10. The van der Waals surface area contributed by atoms with Gasteiger partial charge in [-0.25, -0.2) is 4.39 Å². The summed E-state index contributed by atoms with van der Waals surface area (Å²) in [6.45, 7) is 0.677. The Morgan fingerprint density at radius 1 is 1.20 bits per heavy atom. The monoisotopic (exact) mass is 293 g/mol. The minimum atomic E-state index is -0.473. The number of carbonyl (C=O) groups excluding carboxylic acids is 1. The largest absolute Gasteiger partial charge is 0.492 e. The Hall–Kier alpha value is -2.07. The highest BCUT2D eigenvalue weighted by atomic mass is 35.5. The molecule has 2 aromatic carbocycles. The maximum absolute atomic E-state index is 12.9. The molecule has 20 heavy (non-hydrogen) atoms. The molecule has 5 heteroatoms. The van der Waals surface area contributed by atoms with Gasteiger partial charge in [-0.1, -0.05) is 29.8 Å². The van der Waals surface area contributed by atoms with Crippen molar-refractivity contribution in [2.24, 2.45) is 0 Å². The van der Waals surface area contributed by atoms with Gasteiger partial charge in [-0.2, -0.15) is 0 Å². The van der Waals surface area contributed by atoms with Gasteiger partial charge < -0.3 is 10.1 Å². The van der Waals surface area contributed by atoms with Crippen molar-refractivity contribution in [2.75, 3.05) is 13.2 Å². The molecular weight excluding hydrogens is 281 g/mol. The number of rotatable bonds is 5. The maximum atomic E-state index is 12.9. The van der Waals surface area contributed by atoms with Crippen molar-refractivity contribution in [3.8, 4) is 5.75 Å². The van der Waals surface area contributed by atoms with Crippen LogP contribution in [0.5, 0.6) is 5.75 Å². The molecule has 1 amide bonds. The molecule has 3 nitrogen and oxygen atoms in total. The van der Waals surface area contributed by atoms with E-state index >= 15 is 0 Å². The van der Waals surface area contributed by atoms with E-state index in [-0.39, 0.29) is 16.5 Å². The summed E-state index contributed by atoms with van der Waals surface area (Å²) < 4.78 is 18.3. The molecule has 0 aromatic heterocycles. The lowest BCUT2D eigenvalue weighted by Crippen LogP contribution is -2.28. The van der Waals surface area contributed by atoms with Crippen LogP contribution >= 0.6 is 11.6 Å². The highest BCUT2D eigenvalue weighted by Crippen LogP contribution is 2.16. The summed E-state index contributed by atoms with van der Waals surface area (Å²) in [5.74, 6) is -0.0906. The normalized spacial score (nSPS) is 10.1. The molecule has 0 unspecified atom stereocenters. The first-order valence-electron chi connectivity index (χ1n) is 6.08. The SMILES string of the molecule is O=C(NCCOc1ccccc1)c1ccc(F)cc1Cl. The lowest BCUT2D eigenvalue weighted by atomic mass is 10.2. The average molecular weight is 294 g/mol. The Bertz CT molecular complexity index is 590. The fourth-order valence-corrected chi connectivity index (χ4v) is 1.87. The predicted octanol–water partition coefficient (Wildman–Crippen LogP) is 3.29. The second-order valence-electron chi connectivity index (χ2n) is 4.04. The zero-order valence-electron chi connectivity index (χ0n) is 10.6. The van der Waals surface area contributed by atoms with Crippen molar-refractivity contribution in [1.82, 2.24) is 5.32 Å². The van der Waals surface area contributed by atoms with Gasteiger partial charge >= 0.3 is 0 Å². The molecule has 0 spiro atoms. The minimum Gasteiger partial charge on any atom is -0.492 e. The molecule has 0 bridgehead atoms. The molecule has 2 aromatic rings. The molecule has 0 fully saturated rings. The first-order valence-corrected chi connectivity index (χ1v) is 6.46. The minimum absolute atomic E-state index is 0.0893. The topological polar surface area (TPSA) is 38.3 Å². The van der Waals surface area contributed by atoms with E-state index in [0.717, 1.165) is 11.8 Å². The molecule has 0 aliphatic carbocycles. The van der Waals surface area contributed by atoms with E-state index in [1.165, 1.54) is 12.1 Å². The number of para-hydroxylation sites is 1. The van der Waals surface area contributed by atoms with Gasteiger partial charge in [-0.15, -0.1) is 0 Å². The van der Waals surface area contributed by atoms with Crippen LogP contribution in [0.1, 0.15) is 10.4 Å². The van der Waals surface area contributed by atoms with Crippen LogP contribution in [0.4, 0.5) is 4.39 Å². The van der Waals surface area contributed by atoms with E-state index < -0.39 is 5.82 Å². The van der Waals surface area contributed by atoms with E-state index in [4.69, 9.17) is 16.3 Å². The highest BCUT2D eigenvalue weighted by molar-refractivity contribution is 6.33. The number of nitrogens with one attached hydrogen (secondary N) is 1. The van der Waals surface area contributed by atoms with Crippen molar-refractivity contribution >= 4 is 17.5 Å². The van der Waals surface area contributed by atoms with Gasteiger partial charge in [0.25, 0.3) is 5.91 Å². The Balaban J connectivity index is 1.80. The predicted molar refractivity (Wildman–Crippen MR) is 75.7 cm³/mol. The van der Waals surface area contributed by atoms with Gasteiger partial charge in [-0.3, -0.25) is 4.79 Å². The molecule has 0 aliphatic heterocycles. The van der Waals surface area contributed by atoms with Crippen molar-refractivity contribution in [1.29, 1.82) is 0 Å². The van der Waals surface area contributed by atoms with Gasteiger partial charge in [0.2, 0.25) is 0 Å². The second kappa shape index (κ2) is 6.91. The number of ether oxygens (including phenoxy) is 1. The third-order valence-corrected chi connectivity index (χ3v) is 2.89. The lowest BCUT2D eigenvalue weighted by molar-refractivity contribution is 0.0947. The first kappa shape index (κ1) is 14.3. The summed E-state index contributed by atoms with van der Waals surface area (Å²) in [6.07, 6.45) is 0. The van der Waals surface area contributed by atoms with Crippen LogP contribution < -0.4 is 10.1 Å². The van der Waals surface area contributed by atoms with E-state index in [2.05, 4.69) is 5.32 Å². The molecule has 0 aliphatic rings. The number of hydrogen-bond donors (Lipinski definition) is 1. The number of carbonyl (C=O) groups is 1. The summed E-state index contributed by atoms with van der Waals surface area (Å²) in [6, 6.07) is 12.9. The molecule has 0 saturated heterocycles. The van der Waals surface area contributed by atoms with Crippen LogP contribution in [0.25, 0.3) is 0 Å². The van der Waals surface area contributed by atoms with Crippen LogP contribution in [0.15, 0.2) is 48.5 Å². The molecule has 0 saturated carbocycles. The maximum Gasteiger partial charge on any atom is 0.252 e. The summed E-state index contributed by atoms with van der Waals surface area (Å²) >= 11 is 5.80. The summed E-state index contributed by atoms with van der Waals surface area (Å²) in [5, 5.41) is 2.75. The van der Waals surface area contributed by atoms with Gasteiger partial charge in [0, 0.05) is 0 Å². The standard InChI is InChI=1S/C15H13ClFNO2/c16-14-10-11(17)6-7-13(14)15(19)18-8-9-20-12-4-2-1-3-5-12/h1-7,10H,8-9H2,(H,18,19). The average Bonchev–Trinajstić information content (AvgIpc) is 2.44. The first-order chi connectivity index (χ1) is 9.66. The zero-order valence-corrected chi connectivity index (χ0v) is 11.4. The number of hydrogen-bond acceptors (Lipinski definition) is 2. The van der Waals surface area contributed by atoms with Crippen molar-refractivity contribution in [2.45, 2.75) is 0 Å². The van der Waals surface area contributed by atoms with E-state index in [1.807, 2.05) is 30.3 Å². The number of benzene rings is 2. The molecule has 0 radical (unpaired) electrons. The Morgan fingerprint density at radius 3 is 2.65 bits per heavy atom. The van der Waals surface area contributed by atoms with Gasteiger partial charge in [0.15, 0.2) is 0 Å². The van der Waals surface area contributed by atoms with Crippen LogP contribution in [0, 0.1) is 5.82 Å². The summed E-state index contributed by atoms with van der Waals surface area (Å²) in [4.78, 5) is 11.8. The summed E-state index contributed by atoms with van der Waals surface area (Å²) in [7, 11) is 0. The zero-order chi connectivity index (χ0) is 14.4. The fraction of sp³-hybridized carbons (Fsp3) is 0.133. The quantitative estimate of drug-likeness (QED) is 0.859. The Morgan fingerprint density at radius 2 is 1.95 bits per heavy atom. The van der Waals surface area contributed by atoms with Crippen LogP contribution in [0.2, 0.25) is 5.02 Å². The van der Waals surface area contributed by atoms with E-state index in [1.54, 1.807) is 0 Å². The van der Waals surface area contributed by atoms with Gasteiger partial charge in [0.05, 0.1) is 17.1 Å². The Labute approximate surface area is 121 Å². The van der Waals surface area contributed by atoms with Crippen molar-refractivity contribution < 1.29 is 13.9 Å². The molecular formula is C15H13ClFNO2. The third kappa shape index (κ3) is 3.96. The van der Waals surface area contributed by atoms with Gasteiger partial charge in [0.1, 0.15) is 18.2 Å². The Kier molecular flexibility index (Phi) is 4.96. The summed E-state index contributed by atoms with van der Waals surface area (Å²) in [5.41, 5.74) is 0.243. The van der Waals surface area contributed by atoms with Crippen molar-refractivity contribution in [3.63, 3.8) is 0 Å². The molecule has 104 valence electrons. The van der Waals surface area contributed by atoms with Crippen LogP contribution in [0.3, 0.4) is 0 Å². The van der Waals surface area contributed by atoms with E-state index in [9.17, 15) is 9.18 Å². The molecule has 1 N–H and O–H groups in total. The molecule has 2 rings (SSSR count).